The molecule has 1 saturated carbocycles. The number of nitrogens with zero attached hydrogens (tertiary/aromatic N) is 2. The van der Waals surface area contributed by atoms with E-state index in [0.717, 1.165) is 48.6 Å². The van der Waals surface area contributed by atoms with Gasteiger partial charge in [0, 0.05) is 41.2 Å². The molecule has 8 heteroatoms. The number of nitrogens with one attached hydrogen (secondary N) is 2. The van der Waals surface area contributed by atoms with Crippen LogP contribution in [0.4, 0.5) is 5.69 Å². The molecule has 1 fully saturated rings. The van der Waals surface area contributed by atoms with E-state index in [4.69, 9.17) is 4.74 Å². The first-order valence-corrected chi connectivity index (χ1v) is 13.3. The van der Waals surface area contributed by atoms with Crippen molar-refractivity contribution in [2.75, 3.05) is 12.0 Å². The summed E-state index contributed by atoms with van der Waals surface area (Å²) in [4.78, 5) is 49.4. The van der Waals surface area contributed by atoms with E-state index in [2.05, 4.69) is 15.3 Å². The first-order chi connectivity index (χ1) is 19.0. The van der Waals surface area contributed by atoms with Crippen molar-refractivity contribution in [3.8, 4) is 0 Å². The number of amides is 2. The van der Waals surface area contributed by atoms with E-state index in [-0.39, 0.29) is 24.3 Å². The summed E-state index contributed by atoms with van der Waals surface area (Å²) in [6, 6.07) is 17.0. The van der Waals surface area contributed by atoms with Crippen molar-refractivity contribution in [3.63, 3.8) is 0 Å². The van der Waals surface area contributed by atoms with Crippen LogP contribution >= 0.6 is 0 Å². The number of carbonyl (C=O) groups excluding carboxylic acids is 3. The Bertz CT molecular complexity index is 1460. The first-order valence-electron chi connectivity index (χ1n) is 13.3. The highest BCUT2D eigenvalue weighted by molar-refractivity contribution is 6.04. The Balaban J connectivity index is 1.58. The first kappa shape index (κ1) is 26.2. The molecule has 8 nitrogen and oxygen atoms in total. The zero-order chi connectivity index (χ0) is 27.2. The normalized spacial score (nSPS) is 14.5. The van der Waals surface area contributed by atoms with Crippen molar-refractivity contribution in [2.45, 2.75) is 50.6 Å². The minimum atomic E-state index is -0.958. The van der Waals surface area contributed by atoms with Crippen LogP contribution in [0.2, 0.25) is 0 Å². The fraction of sp³-hybridized carbons (Fsp3) is 0.290. The van der Waals surface area contributed by atoms with Gasteiger partial charge in [-0.1, -0.05) is 43.5 Å². The molecule has 4 aromatic rings. The summed E-state index contributed by atoms with van der Waals surface area (Å²) < 4.78 is 4.92. The second-order valence-corrected chi connectivity index (χ2v) is 9.87. The smallest absolute Gasteiger partial charge is 0.337 e. The molecule has 0 aliphatic heterocycles. The van der Waals surface area contributed by atoms with Gasteiger partial charge in [0.2, 0.25) is 11.8 Å². The Labute approximate surface area is 227 Å². The summed E-state index contributed by atoms with van der Waals surface area (Å²) in [7, 11) is 1.31. The molecule has 0 saturated heterocycles. The standard InChI is InChI=1S/C31H32N4O4/c1-39-31(38)22-8-7-11-25(18-22)35(28(36)19-23-20-33-27-13-6-5-12-26(23)27)29(21-14-16-32-17-15-21)30(37)34-24-9-3-2-4-10-24/h5-8,11-18,20,24,29,33H,2-4,9-10,19H2,1H3,(H,34,37)/t29-/m0/s1. The number of esters is 1. The number of anilines is 1. The van der Waals surface area contributed by atoms with Crippen LogP contribution in [0.1, 0.15) is 59.6 Å². The summed E-state index contributed by atoms with van der Waals surface area (Å²) in [6.07, 6.45) is 10.2. The van der Waals surface area contributed by atoms with E-state index in [1.165, 1.54) is 12.0 Å². The van der Waals surface area contributed by atoms with Crippen LogP contribution < -0.4 is 10.2 Å². The summed E-state index contributed by atoms with van der Waals surface area (Å²) in [5, 5.41) is 4.15. The topological polar surface area (TPSA) is 104 Å². The largest absolute Gasteiger partial charge is 0.465 e. The quantitative estimate of drug-likeness (QED) is 0.312. The average Bonchev–Trinajstić information content (AvgIpc) is 3.38. The lowest BCUT2D eigenvalue weighted by Gasteiger charge is -2.33. The fourth-order valence-electron chi connectivity index (χ4n) is 5.35. The Hall–Kier alpha value is -4.46. The van der Waals surface area contributed by atoms with Crippen molar-refractivity contribution in [3.05, 3.63) is 95.9 Å². The number of para-hydroxylation sites is 1. The SMILES string of the molecule is COC(=O)c1cccc(N(C(=O)Cc2c[nH]c3ccccc23)[C@H](C(=O)NC2CCCCC2)c2ccncc2)c1. The lowest BCUT2D eigenvalue weighted by Crippen LogP contribution is -2.47. The highest BCUT2D eigenvalue weighted by atomic mass is 16.5. The van der Waals surface area contributed by atoms with Crippen LogP contribution in [0, 0.1) is 0 Å². The van der Waals surface area contributed by atoms with Crippen LogP contribution in [0.5, 0.6) is 0 Å². The maximum atomic E-state index is 14.2. The van der Waals surface area contributed by atoms with Crippen molar-refractivity contribution >= 4 is 34.4 Å². The molecule has 2 aromatic heterocycles. The number of benzene rings is 2. The molecular formula is C31H32N4O4. The third-order valence-corrected chi connectivity index (χ3v) is 7.31. The predicted molar refractivity (Wildman–Crippen MR) is 149 cm³/mol. The molecule has 1 atom stereocenters. The van der Waals surface area contributed by atoms with Crippen LogP contribution in [-0.2, 0) is 20.7 Å². The number of hydrogen-bond donors (Lipinski definition) is 2. The molecule has 0 unspecified atom stereocenters. The molecule has 2 amide bonds. The maximum absolute atomic E-state index is 14.2. The summed E-state index contributed by atoms with van der Waals surface area (Å²) in [5.74, 6) is -1.06. The number of rotatable bonds is 8. The second kappa shape index (κ2) is 11.9. The van der Waals surface area contributed by atoms with Gasteiger partial charge in [-0.15, -0.1) is 0 Å². The van der Waals surface area contributed by atoms with Crippen LogP contribution in [-0.4, -0.2) is 40.9 Å². The zero-order valence-corrected chi connectivity index (χ0v) is 21.9. The van der Waals surface area contributed by atoms with Gasteiger partial charge < -0.3 is 15.0 Å². The minimum absolute atomic E-state index is 0.0579. The Morgan fingerprint density at radius 1 is 1.03 bits per heavy atom. The highest BCUT2D eigenvalue weighted by Gasteiger charge is 2.34. The molecule has 0 spiro atoms. The molecule has 0 bridgehead atoms. The lowest BCUT2D eigenvalue weighted by molar-refractivity contribution is -0.127. The number of pyridine rings is 1. The molecule has 2 N–H and O–H groups in total. The van der Waals surface area contributed by atoms with Gasteiger partial charge in [0.25, 0.3) is 0 Å². The Morgan fingerprint density at radius 3 is 2.56 bits per heavy atom. The molecule has 1 aliphatic carbocycles. The predicted octanol–water partition coefficient (Wildman–Crippen LogP) is 5.12. The zero-order valence-electron chi connectivity index (χ0n) is 21.9. The third-order valence-electron chi connectivity index (χ3n) is 7.31. The van der Waals surface area contributed by atoms with Gasteiger partial charge in [0.1, 0.15) is 6.04 Å². The second-order valence-electron chi connectivity index (χ2n) is 9.87. The molecular weight excluding hydrogens is 492 g/mol. The van der Waals surface area contributed by atoms with Crippen molar-refractivity contribution in [1.29, 1.82) is 0 Å². The van der Waals surface area contributed by atoms with Crippen molar-refractivity contribution in [1.82, 2.24) is 15.3 Å². The minimum Gasteiger partial charge on any atom is -0.465 e. The molecule has 2 aromatic carbocycles. The van der Waals surface area contributed by atoms with Gasteiger partial charge in [0.05, 0.1) is 19.1 Å². The van der Waals surface area contributed by atoms with E-state index in [0.29, 0.717) is 16.8 Å². The van der Waals surface area contributed by atoms with Gasteiger partial charge in [-0.25, -0.2) is 4.79 Å². The summed E-state index contributed by atoms with van der Waals surface area (Å²) in [6.45, 7) is 0. The van der Waals surface area contributed by atoms with Crippen molar-refractivity contribution in [2.24, 2.45) is 0 Å². The monoisotopic (exact) mass is 524 g/mol. The number of methoxy groups -OCH3 is 1. The van der Waals surface area contributed by atoms with Gasteiger partial charge in [0.15, 0.2) is 0 Å². The third kappa shape index (κ3) is 5.85. The molecule has 5 rings (SSSR count). The van der Waals surface area contributed by atoms with E-state index < -0.39 is 12.0 Å². The van der Waals surface area contributed by atoms with Crippen LogP contribution in [0.15, 0.2) is 79.3 Å². The molecule has 1 aliphatic rings. The molecule has 0 radical (unpaired) electrons. The van der Waals surface area contributed by atoms with Gasteiger partial charge in [-0.3, -0.25) is 19.5 Å². The van der Waals surface area contributed by atoms with E-state index in [1.54, 1.807) is 48.8 Å². The summed E-state index contributed by atoms with van der Waals surface area (Å²) >= 11 is 0. The van der Waals surface area contributed by atoms with E-state index >= 15 is 0 Å². The average molecular weight is 525 g/mol. The fourth-order valence-corrected chi connectivity index (χ4v) is 5.35. The number of H-pyrrole nitrogens is 1. The highest BCUT2D eigenvalue weighted by Crippen LogP contribution is 2.31. The van der Waals surface area contributed by atoms with Crippen LogP contribution in [0.25, 0.3) is 10.9 Å². The number of fused-ring (bicyclic) bond motifs is 1. The van der Waals surface area contributed by atoms with Gasteiger partial charge in [-0.05, 0) is 60.4 Å². The van der Waals surface area contributed by atoms with Crippen molar-refractivity contribution < 1.29 is 19.1 Å². The van der Waals surface area contributed by atoms with E-state index in [9.17, 15) is 14.4 Å². The maximum Gasteiger partial charge on any atom is 0.337 e. The number of ether oxygens (including phenoxy) is 1. The number of hydrogen-bond acceptors (Lipinski definition) is 5. The number of carbonyl (C=O) groups is 3. The number of aromatic nitrogens is 2. The Kier molecular flexibility index (Phi) is 8.01. The molecule has 2 heterocycles. The molecule has 200 valence electrons. The van der Waals surface area contributed by atoms with Gasteiger partial charge in [-0.2, -0.15) is 0 Å². The number of aromatic amines is 1. The lowest BCUT2D eigenvalue weighted by atomic mass is 9.94. The Morgan fingerprint density at radius 2 is 1.79 bits per heavy atom. The van der Waals surface area contributed by atoms with Crippen LogP contribution in [0.3, 0.4) is 0 Å². The van der Waals surface area contributed by atoms with Gasteiger partial charge >= 0.3 is 5.97 Å². The van der Waals surface area contributed by atoms with E-state index in [1.807, 2.05) is 30.5 Å². The molecule has 39 heavy (non-hydrogen) atoms. The summed E-state index contributed by atoms with van der Waals surface area (Å²) in [5.41, 5.74) is 3.12.